The van der Waals surface area contributed by atoms with Gasteiger partial charge in [0.25, 0.3) is 17.3 Å². The molecular formula is C25H25F2N3O5. The van der Waals surface area contributed by atoms with Gasteiger partial charge in [0, 0.05) is 30.7 Å². The normalized spacial score (nSPS) is 11.3. The van der Waals surface area contributed by atoms with Crippen LogP contribution in [0.2, 0.25) is 0 Å². The summed E-state index contributed by atoms with van der Waals surface area (Å²) in [4.78, 5) is 44.6. The second-order valence-corrected chi connectivity index (χ2v) is 7.70. The quantitative estimate of drug-likeness (QED) is 0.316. The Hall–Kier alpha value is -3.95. The number of alkyl halides is 2. The van der Waals surface area contributed by atoms with Gasteiger partial charge in [0.15, 0.2) is 11.5 Å². The summed E-state index contributed by atoms with van der Waals surface area (Å²) < 4.78 is 40.9. The van der Waals surface area contributed by atoms with Crippen LogP contribution in [-0.4, -0.2) is 40.3 Å². The van der Waals surface area contributed by atoms with E-state index in [9.17, 15) is 23.2 Å². The number of benzene rings is 1. The van der Waals surface area contributed by atoms with Crippen LogP contribution in [0.25, 0.3) is 11.3 Å². The van der Waals surface area contributed by atoms with Crippen molar-refractivity contribution in [3.63, 3.8) is 0 Å². The van der Waals surface area contributed by atoms with Crippen LogP contribution in [0, 0.1) is 0 Å². The SMILES string of the molecule is CCC(=O)C(=O)c1nc(-c2ccc(=O)n(Cc3ccc(OC)c(OC)c3)c2)cc(C(F)(F)CC)n1. The number of nitrogens with zero attached hydrogens (tertiary/aromatic N) is 3. The Labute approximate surface area is 200 Å². The molecule has 2 aromatic heterocycles. The van der Waals surface area contributed by atoms with Gasteiger partial charge in [-0.1, -0.05) is 19.9 Å². The van der Waals surface area contributed by atoms with Crippen molar-refractivity contribution >= 4 is 11.6 Å². The maximum absolute atomic E-state index is 14.5. The number of ketones is 2. The van der Waals surface area contributed by atoms with Gasteiger partial charge in [0.05, 0.1) is 26.5 Å². The van der Waals surface area contributed by atoms with Gasteiger partial charge in [0.1, 0.15) is 5.69 Å². The van der Waals surface area contributed by atoms with Gasteiger partial charge < -0.3 is 14.0 Å². The van der Waals surface area contributed by atoms with E-state index in [2.05, 4.69) is 9.97 Å². The van der Waals surface area contributed by atoms with Crippen LogP contribution in [0.5, 0.6) is 11.5 Å². The van der Waals surface area contributed by atoms with Crippen molar-refractivity contribution in [3.8, 4) is 22.8 Å². The van der Waals surface area contributed by atoms with Gasteiger partial charge in [-0.2, -0.15) is 8.78 Å². The fraction of sp³-hybridized carbons (Fsp3) is 0.320. The standard InChI is InChI=1S/C25H25F2N3O5/c1-5-18(31)23(33)24-28-17(12-21(29-24)25(26,27)6-2)16-8-10-22(32)30(14-16)13-15-7-9-19(34-3)20(11-15)35-4/h7-12,14H,5-6,13H2,1-4H3. The number of carbonyl (C=O) groups is 2. The maximum atomic E-state index is 14.5. The molecule has 0 aliphatic heterocycles. The highest BCUT2D eigenvalue weighted by molar-refractivity contribution is 6.42. The Bertz CT molecular complexity index is 1320. The average molecular weight is 485 g/mol. The van der Waals surface area contributed by atoms with Crippen molar-refractivity contribution < 1.29 is 27.8 Å². The lowest BCUT2D eigenvalue weighted by Gasteiger charge is -2.16. The summed E-state index contributed by atoms with van der Waals surface area (Å²) in [5, 5.41) is 0. The molecule has 8 nitrogen and oxygen atoms in total. The first-order valence-electron chi connectivity index (χ1n) is 10.9. The monoisotopic (exact) mass is 485 g/mol. The molecule has 3 rings (SSSR count). The molecule has 0 atom stereocenters. The van der Waals surface area contributed by atoms with Gasteiger partial charge in [-0.15, -0.1) is 0 Å². The largest absolute Gasteiger partial charge is 0.493 e. The lowest BCUT2D eigenvalue weighted by Crippen LogP contribution is -2.22. The zero-order valence-corrected chi connectivity index (χ0v) is 19.8. The summed E-state index contributed by atoms with van der Waals surface area (Å²) in [7, 11) is 3.01. The number of pyridine rings is 1. The molecule has 0 saturated carbocycles. The first kappa shape index (κ1) is 25.7. The zero-order valence-electron chi connectivity index (χ0n) is 19.8. The summed E-state index contributed by atoms with van der Waals surface area (Å²) >= 11 is 0. The minimum absolute atomic E-state index is 0.00330. The Morgan fingerprint density at radius 3 is 2.34 bits per heavy atom. The lowest BCUT2D eigenvalue weighted by atomic mass is 10.1. The van der Waals surface area contributed by atoms with Crippen molar-refractivity contribution in [1.29, 1.82) is 0 Å². The van der Waals surface area contributed by atoms with Crippen LogP contribution >= 0.6 is 0 Å². The Kier molecular flexibility index (Phi) is 7.73. The number of rotatable bonds is 10. The molecule has 10 heteroatoms. The zero-order chi connectivity index (χ0) is 25.8. The first-order valence-corrected chi connectivity index (χ1v) is 10.9. The third-order valence-electron chi connectivity index (χ3n) is 5.40. The van der Waals surface area contributed by atoms with Crippen LogP contribution in [0.3, 0.4) is 0 Å². The van der Waals surface area contributed by atoms with Crippen LogP contribution in [0.1, 0.15) is 48.6 Å². The molecule has 0 fully saturated rings. The van der Waals surface area contributed by atoms with E-state index >= 15 is 0 Å². The Morgan fingerprint density at radius 1 is 1.00 bits per heavy atom. The summed E-state index contributed by atoms with van der Waals surface area (Å²) in [6.07, 6.45) is 0.783. The van der Waals surface area contributed by atoms with Crippen molar-refractivity contribution in [2.75, 3.05) is 14.2 Å². The van der Waals surface area contributed by atoms with Crippen LogP contribution in [0.4, 0.5) is 8.78 Å². The predicted molar refractivity (Wildman–Crippen MR) is 124 cm³/mol. The van der Waals surface area contributed by atoms with Crippen LogP contribution in [-0.2, 0) is 17.3 Å². The van der Waals surface area contributed by atoms with Crippen LogP contribution < -0.4 is 15.0 Å². The third kappa shape index (κ3) is 5.59. The van der Waals surface area contributed by atoms with E-state index in [1.165, 1.54) is 51.0 Å². The van der Waals surface area contributed by atoms with Gasteiger partial charge in [-0.05, 0) is 29.8 Å². The van der Waals surface area contributed by atoms with E-state index in [0.717, 1.165) is 11.6 Å². The van der Waals surface area contributed by atoms with Gasteiger partial charge in [-0.3, -0.25) is 14.4 Å². The van der Waals surface area contributed by atoms with E-state index < -0.39 is 35.4 Å². The van der Waals surface area contributed by atoms with E-state index in [0.29, 0.717) is 17.1 Å². The minimum Gasteiger partial charge on any atom is -0.493 e. The Balaban J connectivity index is 2.09. The van der Waals surface area contributed by atoms with Crippen molar-refractivity contribution in [2.24, 2.45) is 0 Å². The van der Waals surface area contributed by atoms with Crippen molar-refractivity contribution in [1.82, 2.24) is 14.5 Å². The molecule has 0 unspecified atom stereocenters. The number of ether oxygens (including phenoxy) is 2. The van der Waals surface area contributed by atoms with Crippen molar-refractivity contribution in [3.05, 3.63) is 70.0 Å². The lowest BCUT2D eigenvalue weighted by molar-refractivity contribution is -0.114. The van der Waals surface area contributed by atoms with E-state index in [1.54, 1.807) is 18.2 Å². The molecule has 35 heavy (non-hydrogen) atoms. The Morgan fingerprint density at radius 2 is 1.71 bits per heavy atom. The highest BCUT2D eigenvalue weighted by Gasteiger charge is 2.33. The molecule has 0 amide bonds. The molecule has 1 aromatic carbocycles. The molecule has 2 heterocycles. The number of aromatic nitrogens is 3. The molecule has 0 aliphatic rings. The molecule has 0 radical (unpaired) electrons. The summed E-state index contributed by atoms with van der Waals surface area (Å²) in [5.41, 5.74) is 0.0197. The molecule has 0 N–H and O–H groups in total. The maximum Gasteiger partial charge on any atom is 0.289 e. The smallest absolute Gasteiger partial charge is 0.289 e. The van der Waals surface area contributed by atoms with Gasteiger partial charge in [0.2, 0.25) is 11.6 Å². The van der Waals surface area contributed by atoms with Gasteiger partial charge >= 0.3 is 0 Å². The topological polar surface area (TPSA) is 100 Å². The molecule has 184 valence electrons. The molecule has 0 saturated heterocycles. The number of halogens is 2. The van der Waals surface area contributed by atoms with E-state index in [4.69, 9.17) is 9.47 Å². The fourth-order valence-electron chi connectivity index (χ4n) is 3.33. The first-order chi connectivity index (χ1) is 16.6. The third-order valence-corrected chi connectivity index (χ3v) is 5.40. The molecular weight excluding hydrogens is 460 g/mol. The van der Waals surface area contributed by atoms with Crippen LogP contribution in [0.15, 0.2) is 47.4 Å². The number of Topliss-reactive ketones (excluding diaryl/α,β-unsaturated/α-hetero) is 2. The highest BCUT2D eigenvalue weighted by atomic mass is 19.3. The molecule has 0 bridgehead atoms. The van der Waals surface area contributed by atoms with E-state index in [1.807, 2.05) is 0 Å². The summed E-state index contributed by atoms with van der Waals surface area (Å²) in [6.45, 7) is 2.91. The molecule has 3 aromatic rings. The predicted octanol–water partition coefficient (Wildman–Crippen LogP) is 4.03. The van der Waals surface area contributed by atoms with E-state index in [-0.39, 0.29) is 24.2 Å². The average Bonchev–Trinajstić information content (AvgIpc) is 2.88. The number of methoxy groups -OCH3 is 2. The fourth-order valence-corrected chi connectivity index (χ4v) is 3.33. The summed E-state index contributed by atoms with van der Waals surface area (Å²) in [6, 6.07) is 8.94. The second kappa shape index (κ2) is 10.5. The highest BCUT2D eigenvalue weighted by Crippen LogP contribution is 2.32. The second-order valence-electron chi connectivity index (χ2n) is 7.70. The summed E-state index contributed by atoms with van der Waals surface area (Å²) in [5.74, 6) is -4.75. The molecule has 0 spiro atoms. The number of carbonyl (C=O) groups excluding carboxylic acids is 2. The molecule has 0 aliphatic carbocycles. The minimum atomic E-state index is -3.34. The van der Waals surface area contributed by atoms with Gasteiger partial charge in [-0.25, -0.2) is 9.97 Å². The number of hydrogen-bond donors (Lipinski definition) is 0. The van der Waals surface area contributed by atoms with Crippen molar-refractivity contribution in [2.45, 2.75) is 39.2 Å². The number of hydrogen-bond acceptors (Lipinski definition) is 7.